The Morgan fingerprint density at radius 3 is 2.33 bits per heavy atom. The van der Waals surface area contributed by atoms with Gasteiger partial charge in [-0.05, 0) is 29.8 Å². The summed E-state index contributed by atoms with van der Waals surface area (Å²) in [7, 11) is 0. The Bertz CT molecular complexity index is 938. The monoisotopic (exact) mass is 373 g/mol. The van der Waals surface area contributed by atoms with Crippen molar-refractivity contribution in [3.63, 3.8) is 0 Å². The van der Waals surface area contributed by atoms with Gasteiger partial charge in [0.1, 0.15) is 6.33 Å². The van der Waals surface area contributed by atoms with Gasteiger partial charge < -0.3 is 0 Å². The number of hydrogen-bond donors (Lipinski definition) is 0. The van der Waals surface area contributed by atoms with Gasteiger partial charge in [-0.15, -0.1) is 0 Å². The molecule has 0 N–H and O–H groups in total. The van der Waals surface area contributed by atoms with Crippen LogP contribution in [0.2, 0.25) is 0 Å². The number of halogens is 3. The summed E-state index contributed by atoms with van der Waals surface area (Å²) in [5.74, 6) is -2.30. The fourth-order valence-electron chi connectivity index (χ4n) is 2.57. The smallest absolute Gasteiger partial charge is 0.276 e. The minimum Gasteiger partial charge on any atom is -0.276 e. The third-order valence-electron chi connectivity index (χ3n) is 3.78. The highest BCUT2D eigenvalue weighted by Gasteiger charge is 2.43. The van der Waals surface area contributed by atoms with E-state index in [1.165, 1.54) is 53.6 Å². The minimum absolute atomic E-state index is 0.0273. The molecule has 8 heteroatoms. The molecule has 0 aliphatic heterocycles. The number of benzene rings is 2. The van der Waals surface area contributed by atoms with E-state index in [1.54, 1.807) is 24.3 Å². The van der Waals surface area contributed by atoms with Crippen LogP contribution in [-0.2, 0) is 11.2 Å². The first-order valence-electron chi connectivity index (χ1n) is 7.92. The van der Waals surface area contributed by atoms with Crippen LogP contribution in [0.4, 0.5) is 24.5 Å². The minimum atomic E-state index is -5.04. The molecule has 138 valence electrons. The Morgan fingerprint density at radius 2 is 1.70 bits per heavy atom. The number of hydrogen-bond acceptors (Lipinski definition) is 3. The second kappa shape index (κ2) is 7.45. The molecule has 3 aromatic rings. The molecule has 0 spiro atoms. The van der Waals surface area contributed by atoms with Crippen LogP contribution in [0, 0.1) is 0 Å². The van der Waals surface area contributed by atoms with Crippen LogP contribution < -0.4 is 4.90 Å². The zero-order valence-corrected chi connectivity index (χ0v) is 13.9. The van der Waals surface area contributed by atoms with Crippen molar-refractivity contribution in [3.8, 4) is 0 Å². The number of carbonyl (C=O) groups is 2. The average Bonchev–Trinajstić information content (AvgIpc) is 3.17. The number of rotatable bonds is 4. The molecule has 3 rings (SSSR count). The molecule has 1 aromatic heterocycles. The summed E-state index contributed by atoms with van der Waals surface area (Å²) >= 11 is 0. The highest BCUT2D eigenvalue weighted by atomic mass is 19.4. The summed E-state index contributed by atoms with van der Waals surface area (Å²) in [6.07, 6.45) is -0.815. The molecule has 5 nitrogen and oxygen atoms in total. The van der Waals surface area contributed by atoms with E-state index in [0.29, 0.717) is 10.5 Å². The first kappa shape index (κ1) is 18.4. The summed E-state index contributed by atoms with van der Waals surface area (Å²) in [6.45, 7) is 0. The molecule has 0 saturated heterocycles. The molecule has 0 aliphatic carbocycles. The summed E-state index contributed by atoms with van der Waals surface area (Å²) in [6, 6.07) is 13.4. The fourth-order valence-corrected chi connectivity index (χ4v) is 2.57. The quantitative estimate of drug-likeness (QED) is 0.695. The Labute approximate surface area is 152 Å². The van der Waals surface area contributed by atoms with Gasteiger partial charge in [-0.1, -0.05) is 30.3 Å². The van der Waals surface area contributed by atoms with Crippen molar-refractivity contribution in [2.45, 2.75) is 12.6 Å². The van der Waals surface area contributed by atoms with Crippen molar-refractivity contribution < 1.29 is 22.8 Å². The Kier molecular flexibility index (Phi) is 5.07. The van der Waals surface area contributed by atoms with Crippen molar-refractivity contribution in [1.82, 2.24) is 9.55 Å². The van der Waals surface area contributed by atoms with Gasteiger partial charge in [0.25, 0.3) is 0 Å². The maximum Gasteiger partial charge on any atom is 0.472 e. The highest BCUT2D eigenvalue weighted by Crippen LogP contribution is 2.31. The Morgan fingerprint density at radius 1 is 1.00 bits per heavy atom. The maximum atomic E-state index is 13.1. The number of nitrogens with zero attached hydrogens (tertiary/aromatic N) is 3. The van der Waals surface area contributed by atoms with Gasteiger partial charge in [-0.25, -0.2) is 4.98 Å². The lowest BCUT2D eigenvalue weighted by atomic mass is 10.1. The largest absolute Gasteiger partial charge is 0.472 e. The summed E-state index contributed by atoms with van der Waals surface area (Å²) in [5.41, 5.74) is 0.583. The molecular weight excluding hydrogens is 359 g/mol. The Hall–Kier alpha value is -3.42. The van der Waals surface area contributed by atoms with Crippen LogP contribution in [0.3, 0.4) is 0 Å². The summed E-state index contributed by atoms with van der Waals surface area (Å²) in [4.78, 5) is 28.6. The van der Waals surface area contributed by atoms with Crippen LogP contribution in [0.1, 0.15) is 10.4 Å². The molecule has 0 atom stereocenters. The fraction of sp³-hybridized carbons (Fsp3) is 0.105. The summed E-state index contributed by atoms with van der Waals surface area (Å²) < 4.78 is 40.6. The zero-order chi connectivity index (χ0) is 19.4. The average molecular weight is 373 g/mol. The van der Waals surface area contributed by atoms with Gasteiger partial charge in [-0.2, -0.15) is 13.2 Å². The van der Waals surface area contributed by atoms with E-state index in [0.717, 1.165) is 0 Å². The number of anilines is 2. The molecule has 0 fully saturated rings. The van der Waals surface area contributed by atoms with Crippen molar-refractivity contribution in [2.75, 3.05) is 4.90 Å². The zero-order valence-electron chi connectivity index (χ0n) is 13.9. The molecule has 1 amide bonds. The highest BCUT2D eigenvalue weighted by molar-refractivity contribution is 6.03. The number of aromatic nitrogens is 2. The van der Waals surface area contributed by atoms with E-state index in [-0.39, 0.29) is 23.7 Å². The van der Waals surface area contributed by atoms with Crippen molar-refractivity contribution in [1.29, 1.82) is 0 Å². The van der Waals surface area contributed by atoms with E-state index in [2.05, 4.69) is 4.98 Å². The van der Waals surface area contributed by atoms with Gasteiger partial charge in [0.2, 0.25) is 5.91 Å². The van der Waals surface area contributed by atoms with Crippen molar-refractivity contribution >= 4 is 23.2 Å². The number of alkyl halides is 3. The van der Waals surface area contributed by atoms with E-state index in [4.69, 9.17) is 0 Å². The molecule has 2 aromatic carbocycles. The number of amides is 1. The molecule has 0 bridgehead atoms. The number of imidazole rings is 1. The van der Waals surface area contributed by atoms with Crippen molar-refractivity contribution in [3.05, 3.63) is 78.9 Å². The van der Waals surface area contributed by atoms with Gasteiger partial charge in [0, 0.05) is 23.8 Å². The topological polar surface area (TPSA) is 55.2 Å². The molecular formula is C19H14F3N3O2. The van der Waals surface area contributed by atoms with Gasteiger partial charge in [0.15, 0.2) is 0 Å². The third kappa shape index (κ3) is 4.22. The predicted molar refractivity (Wildman–Crippen MR) is 92.6 cm³/mol. The Balaban J connectivity index is 1.96. The van der Waals surface area contributed by atoms with E-state index >= 15 is 0 Å². The normalized spacial score (nSPS) is 11.2. The predicted octanol–water partition coefficient (Wildman–Crippen LogP) is 3.99. The first-order chi connectivity index (χ1) is 12.9. The number of carbonyl (C=O) groups excluding carboxylic acids is 2. The summed E-state index contributed by atoms with van der Waals surface area (Å²) in [5, 5.41) is 0. The molecule has 0 radical (unpaired) electrons. The SMILES string of the molecule is O=C(Cc1cccc(N(C(=O)C(F)(F)F)c2ccccc2)c1)n1ccnc1. The van der Waals surface area contributed by atoms with Gasteiger partial charge >= 0.3 is 12.1 Å². The first-order valence-corrected chi connectivity index (χ1v) is 7.92. The van der Waals surface area contributed by atoms with Crippen LogP contribution in [0.5, 0.6) is 0 Å². The molecule has 0 saturated carbocycles. The molecule has 0 aliphatic rings. The molecule has 1 heterocycles. The van der Waals surface area contributed by atoms with Gasteiger partial charge in [-0.3, -0.25) is 19.1 Å². The molecule has 27 heavy (non-hydrogen) atoms. The van der Waals surface area contributed by atoms with Crippen LogP contribution in [0.15, 0.2) is 73.3 Å². The lowest BCUT2D eigenvalue weighted by Crippen LogP contribution is -2.38. The third-order valence-corrected chi connectivity index (χ3v) is 3.78. The lowest BCUT2D eigenvalue weighted by Gasteiger charge is -2.24. The lowest BCUT2D eigenvalue weighted by molar-refractivity contribution is -0.169. The maximum absolute atomic E-state index is 13.1. The van der Waals surface area contributed by atoms with Crippen LogP contribution in [-0.4, -0.2) is 27.5 Å². The van der Waals surface area contributed by atoms with Gasteiger partial charge in [0.05, 0.1) is 6.42 Å². The number of para-hydroxylation sites is 1. The van der Waals surface area contributed by atoms with Crippen LogP contribution in [0.25, 0.3) is 0 Å². The van der Waals surface area contributed by atoms with Crippen molar-refractivity contribution in [2.24, 2.45) is 0 Å². The molecule has 0 unspecified atom stereocenters. The second-order valence-electron chi connectivity index (χ2n) is 5.68. The standard InChI is InChI=1S/C19H14F3N3O2/c20-19(21,22)18(27)25(15-6-2-1-3-7-15)16-8-4-5-14(11-16)12-17(26)24-10-9-23-13-24/h1-11,13H,12H2. The van der Waals surface area contributed by atoms with Crippen LogP contribution >= 0.6 is 0 Å². The van der Waals surface area contributed by atoms with E-state index < -0.39 is 12.1 Å². The van der Waals surface area contributed by atoms with E-state index in [1.807, 2.05) is 0 Å². The van der Waals surface area contributed by atoms with E-state index in [9.17, 15) is 22.8 Å². The second-order valence-corrected chi connectivity index (χ2v) is 5.68.